The van der Waals surface area contributed by atoms with Crippen LogP contribution in [0, 0.1) is 5.92 Å². The van der Waals surface area contributed by atoms with Gasteiger partial charge >= 0.3 is 12.1 Å². The molecule has 0 aromatic heterocycles. The Kier molecular flexibility index (Phi) is 7.61. The molecule has 0 radical (unpaired) electrons. The lowest BCUT2D eigenvalue weighted by atomic mass is 10.1. The summed E-state index contributed by atoms with van der Waals surface area (Å²) in [6.07, 6.45) is -0.580. The molecule has 0 saturated heterocycles. The number of hydrogen-bond acceptors (Lipinski definition) is 5. The van der Waals surface area contributed by atoms with Crippen molar-refractivity contribution >= 4 is 23.7 Å². The van der Waals surface area contributed by atoms with Crippen LogP contribution in [0.4, 0.5) is 10.5 Å². The van der Waals surface area contributed by atoms with Crippen molar-refractivity contribution in [3.8, 4) is 0 Å². The Morgan fingerprint density at radius 2 is 1.62 bits per heavy atom. The summed E-state index contributed by atoms with van der Waals surface area (Å²) >= 11 is 0. The first-order valence-corrected chi connectivity index (χ1v) is 8.54. The maximum atomic E-state index is 12.0. The Morgan fingerprint density at radius 3 is 2.12 bits per heavy atom. The SMILES string of the molecule is CC(C)C(C)NC(=O)COC(=O)c1ccc(NC(=O)OC(C)(C)C)cc1. The van der Waals surface area contributed by atoms with Gasteiger partial charge in [0.05, 0.1) is 5.56 Å². The molecule has 7 nitrogen and oxygen atoms in total. The van der Waals surface area contributed by atoms with Crippen molar-refractivity contribution < 1.29 is 23.9 Å². The van der Waals surface area contributed by atoms with Gasteiger partial charge in [-0.2, -0.15) is 0 Å². The molecule has 2 amide bonds. The fourth-order valence-electron chi connectivity index (χ4n) is 1.79. The molecule has 0 bridgehead atoms. The molecular formula is C19H28N2O5. The van der Waals surface area contributed by atoms with E-state index in [1.165, 1.54) is 12.1 Å². The number of ether oxygens (including phenoxy) is 2. The zero-order valence-corrected chi connectivity index (χ0v) is 16.2. The number of anilines is 1. The van der Waals surface area contributed by atoms with Crippen molar-refractivity contribution in [2.45, 2.75) is 53.2 Å². The molecule has 1 aromatic rings. The van der Waals surface area contributed by atoms with Gasteiger partial charge in [-0.1, -0.05) is 13.8 Å². The van der Waals surface area contributed by atoms with Gasteiger partial charge in [0.2, 0.25) is 0 Å². The molecule has 1 aromatic carbocycles. The summed E-state index contributed by atoms with van der Waals surface area (Å²) < 4.78 is 10.1. The van der Waals surface area contributed by atoms with Crippen LogP contribution in [0.15, 0.2) is 24.3 Å². The van der Waals surface area contributed by atoms with Gasteiger partial charge in [0, 0.05) is 11.7 Å². The van der Waals surface area contributed by atoms with E-state index in [1.807, 2.05) is 20.8 Å². The molecule has 0 aliphatic rings. The summed E-state index contributed by atoms with van der Waals surface area (Å²) in [5.74, 6) is -0.663. The highest BCUT2D eigenvalue weighted by atomic mass is 16.6. The molecule has 0 heterocycles. The molecule has 0 fully saturated rings. The molecule has 0 saturated carbocycles. The number of carbonyl (C=O) groups excluding carboxylic acids is 3. The van der Waals surface area contributed by atoms with Crippen LogP contribution >= 0.6 is 0 Å². The second-order valence-electron chi connectivity index (χ2n) is 7.38. The quantitative estimate of drug-likeness (QED) is 0.755. The zero-order valence-electron chi connectivity index (χ0n) is 16.2. The maximum absolute atomic E-state index is 12.0. The van der Waals surface area contributed by atoms with Gasteiger partial charge in [0.15, 0.2) is 6.61 Å². The van der Waals surface area contributed by atoms with Crippen LogP contribution in [0.1, 0.15) is 51.9 Å². The van der Waals surface area contributed by atoms with Gasteiger partial charge in [-0.25, -0.2) is 9.59 Å². The van der Waals surface area contributed by atoms with Gasteiger partial charge < -0.3 is 14.8 Å². The normalized spacial score (nSPS) is 12.3. The van der Waals surface area contributed by atoms with Crippen LogP contribution in [0.3, 0.4) is 0 Å². The number of nitrogens with one attached hydrogen (secondary N) is 2. The van der Waals surface area contributed by atoms with Gasteiger partial charge in [-0.15, -0.1) is 0 Å². The Balaban J connectivity index is 2.51. The highest BCUT2D eigenvalue weighted by Crippen LogP contribution is 2.13. The number of carbonyl (C=O) groups is 3. The van der Waals surface area contributed by atoms with E-state index in [0.29, 0.717) is 11.6 Å². The van der Waals surface area contributed by atoms with Crippen molar-refractivity contribution in [3.63, 3.8) is 0 Å². The number of benzene rings is 1. The lowest BCUT2D eigenvalue weighted by molar-refractivity contribution is -0.125. The first-order chi connectivity index (χ1) is 12.0. The summed E-state index contributed by atoms with van der Waals surface area (Å²) in [7, 11) is 0. The van der Waals surface area contributed by atoms with Crippen LogP contribution in [-0.4, -0.2) is 36.2 Å². The zero-order chi connectivity index (χ0) is 19.9. The van der Waals surface area contributed by atoms with E-state index in [9.17, 15) is 14.4 Å². The average molecular weight is 364 g/mol. The van der Waals surface area contributed by atoms with Crippen molar-refractivity contribution in [1.29, 1.82) is 0 Å². The fraction of sp³-hybridized carbons (Fsp3) is 0.526. The molecule has 0 aliphatic carbocycles. The molecular weight excluding hydrogens is 336 g/mol. The van der Waals surface area contributed by atoms with E-state index in [2.05, 4.69) is 10.6 Å². The van der Waals surface area contributed by atoms with E-state index in [1.54, 1.807) is 32.9 Å². The van der Waals surface area contributed by atoms with E-state index in [4.69, 9.17) is 9.47 Å². The van der Waals surface area contributed by atoms with Gasteiger partial charge in [0.1, 0.15) is 5.60 Å². The van der Waals surface area contributed by atoms with E-state index in [-0.39, 0.29) is 24.1 Å². The largest absolute Gasteiger partial charge is 0.452 e. The van der Waals surface area contributed by atoms with Crippen molar-refractivity contribution in [2.24, 2.45) is 5.92 Å². The third-order valence-electron chi connectivity index (χ3n) is 3.49. The molecule has 1 unspecified atom stereocenters. The predicted molar refractivity (Wildman–Crippen MR) is 99.0 cm³/mol. The van der Waals surface area contributed by atoms with Crippen molar-refractivity contribution in [3.05, 3.63) is 29.8 Å². The maximum Gasteiger partial charge on any atom is 0.412 e. The number of esters is 1. The molecule has 1 rings (SSSR count). The molecule has 26 heavy (non-hydrogen) atoms. The third kappa shape index (κ3) is 8.00. The minimum Gasteiger partial charge on any atom is -0.452 e. The summed E-state index contributed by atoms with van der Waals surface area (Å²) in [6.45, 7) is 10.8. The summed E-state index contributed by atoms with van der Waals surface area (Å²) in [5, 5.41) is 5.33. The minimum atomic E-state index is -0.610. The topological polar surface area (TPSA) is 93.7 Å². The molecule has 1 atom stereocenters. The molecule has 144 valence electrons. The van der Waals surface area contributed by atoms with Crippen molar-refractivity contribution in [2.75, 3.05) is 11.9 Å². The van der Waals surface area contributed by atoms with E-state index in [0.717, 1.165) is 0 Å². The van der Waals surface area contributed by atoms with Crippen LogP contribution in [0.25, 0.3) is 0 Å². The lowest BCUT2D eigenvalue weighted by Gasteiger charge is -2.19. The molecule has 2 N–H and O–H groups in total. The second-order valence-corrected chi connectivity index (χ2v) is 7.38. The van der Waals surface area contributed by atoms with E-state index >= 15 is 0 Å². The Labute approximate surface area is 154 Å². The Bertz CT molecular complexity index is 632. The van der Waals surface area contributed by atoms with E-state index < -0.39 is 17.7 Å². The first kappa shape index (κ1) is 21.5. The number of rotatable bonds is 6. The second kappa shape index (κ2) is 9.22. The number of hydrogen-bond donors (Lipinski definition) is 2. The van der Waals surface area contributed by atoms with Crippen LogP contribution < -0.4 is 10.6 Å². The smallest absolute Gasteiger partial charge is 0.412 e. The van der Waals surface area contributed by atoms with Crippen LogP contribution in [0.2, 0.25) is 0 Å². The predicted octanol–water partition coefficient (Wildman–Crippen LogP) is 3.35. The Morgan fingerprint density at radius 1 is 1.04 bits per heavy atom. The highest BCUT2D eigenvalue weighted by molar-refractivity contribution is 5.92. The van der Waals surface area contributed by atoms with Crippen molar-refractivity contribution in [1.82, 2.24) is 5.32 Å². The lowest BCUT2D eigenvalue weighted by Crippen LogP contribution is -2.38. The number of amides is 2. The van der Waals surface area contributed by atoms with Crippen LogP contribution in [-0.2, 0) is 14.3 Å². The average Bonchev–Trinajstić information content (AvgIpc) is 2.51. The highest BCUT2D eigenvalue weighted by Gasteiger charge is 2.17. The van der Waals surface area contributed by atoms with Gasteiger partial charge in [-0.05, 0) is 57.9 Å². The Hall–Kier alpha value is -2.57. The summed E-state index contributed by atoms with van der Waals surface area (Å²) in [5.41, 5.74) is 0.172. The monoisotopic (exact) mass is 364 g/mol. The minimum absolute atomic E-state index is 0.000542. The summed E-state index contributed by atoms with van der Waals surface area (Å²) in [4.78, 5) is 35.4. The summed E-state index contributed by atoms with van der Waals surface area (Å²) in [6, 6.07) is 6.12. The molecule has 0 spiro atoms. The van der Waals surface area contributed by atoms with Gasteiger partial charge in [0.25, 0.3) is 5.91 Å². The third-order valence-corrected chi connectivity index (χ3v) is 3.49. The standard InChI is InChI=1S/C19H28N2O5/c1-12(2)13(3)20-16(22)11-25-17(23)14-7-9-15(10-8-14)21-18(24)26-19(4,5)6/h7-10,12-13H,11H2,1-6H3,(H,20,22)(H,21,24). The molecule has 7 heteroatoms. The fourth-order valence-corrected chi connectivity index (χ4v) is 1.79. The van der Waals surface area contributed by atoms with Crippen LogP contribution in [0.5, 0.6) is 0 Å². The molecule has 0 aliphatic heterocycles. The van der Waals surface area contributed by atoms with Gasteiger partial charge in [-0.3, -0.25) is 10.1 Å². The first-order valence-electron chi connectivity index (χ1n) is 8.54.